The number of aromatic hydroxyl groups is 1. The van der Waals surface area contributed by atoms with Gasteiger partial charge in [0, 0.05) is 33.0 Å². The van der Waals surface area contributed by atoms with Gasteiger partial charge in [-0.2, -0.15) is 0 Å². The standard InChI is InChI=1S/C20H12Cl3NO2/c21-13-6-8-19(25)12(9-13)11-24-18-7-5-14(22)10-16(18)20(26)15-3-1-2-4-17(15)23/h1-11,25H. The molecule has 3 aromatic carbocycles. The zero-order valence-electron chi connectivity index (χ0n) is 13.3. The van der Waals surface area contributed by atoms with E-state index in [0.717, 1.165) is 0 Å². The molecule has 0 atom stereocenters. The molecule has 0 fully saturated rings. The quantitative estimate of drug-likeness (QED) is 0.408. The van der Waals surface area contributed by atoms with Gasteiger partial charge in [-0.25, -0.2) is 0 Å². The Bertz CT molecular complexity index is 1020. The lowest BCUT2D eigenvalue weighted by molar-refractivity contribution is 0.103. The van der Waals surface area contributed by atoms with Crippen LogP contribution in [0.25, 0.3) is 0 Å². The SMILES string of the molecule is O=C(c1ccccc1Cl)c1cc(Cl)ccc1N=Cc1cc(Cl)ccc1O. The number of halogens is 3. The zero-order chi connectivity index (χ0) is 18.7. The van der Waals surface area contributed by atoms with Gasteiger partial charge in [0.25, 0.3) is 0 Å². The summed E-state index contributed by atoms with van der Waals surface area (Å²) in [6.45, 7) is 0. The lowest BCUT2D eigenvalue weighted by atomic mass is 10.0. The van der Waals surface area contributed by atoms with Crippen molar-refractivity contribution in [2.45, 2.75) is 0 Å². The Morgan fingerprint density at radius 3 is 2.35 bits per heavy atom. The molecule has 3 nitrogen and oxygen atoms in total. The largest absolute Gasteiger partial charge is 0.507 e. The van der Waals surface area contributed by atoms with Gasteiger partial charge in [0.15, 0.2) is 5.78 Å². The maximum atomic E-state index is 12.9. The van der Waals surface area contributed by atoms with E-state index in [4.69, 9.17) is 34.8 Å². The summed E-state index contributed by atoms with van der Waals surface area (Å²) in [6.07, 6.45) is 1.44. The number of aliphatic imine (C=N–C) groups is 1. The molecule has 0 bridgehead atoms. The van der Waals surface area contributed by atoms with Crippen molar-refractivity contribution in [2.24, 2.45) is 4.99 Å². The number of carbonyl (C=O) groups is 1. The van der Waals surface area contributed by atoms with Gasteiger partial charge in [0.2, 0.25) is 0 Å². The molecule has 130 valence electrons. The first-order chi connectivity index (χ1) is 12.5. The Hall–Kier alpha value is -2.33. The maximum absolute atomic E-state index is 12.9. The molecule has 0 aliphatic heterocycles. The third-order valence-corrected chi connectivity index (χ3v) is 4.45. The van der Waals surface area contributed by atoms with Crippen LogP contribution >= 0.6 is 34.8 Å². The molecular weight excluding hydrogens is 393 g/mol. The van der Waals surface area contributed by atoms with Crippen molar-refractivity contribution in [3.05, 3.63) is 92.4 Å². The zero-order valence-corrected chi connectivity index (χ0v) is 15.6. The lowest BCUT2D eigenvalue weighted by Crippen LogP contribution is -2.02. The fraction of sp³-hybridized carbons (Fsp3) is 0. The van der Waals surface area contributed by atoms with E-state index < -0.39 is 0 Å². The summed E-state index contributed by atoms with van der Waals surface area (Å²) < 4.78 is 0. The third-order valence-electron chi connectivity index (χ3n) is 3.65. The van der Waals surface area contributed by atoms with Crippen molar-refractivity contribution in [3.63, 3.8) is 0 Å². The first kappa shape index (κ1) is 18.5. The Morgan fingerprint density at radius 2 is 1.58 bits per heavy atom. The van der Waals surface area contributed by atoms with Gasteiger partial charge in [0.05, 0.1) is 10.7 Å². The van der Waals surface area contributed by atoms with Crippen molar-refractivity contribution in [3.8, 4) is 5.75 Å². The number of hydrogen-bond acceptors (Lipinski definition) is 3. The summed E-state index contributed by atoms with van der Waals surface area (Å²) in [5, 5.41) is 11.1. The average molecular weight is 405 g/mol. The fourth-order valence-corrected chi connectivity index (χ4v) is 2.94. The summed E-state index contributed by atoms with van der Waals surface area (Å²) in [5.74, 6) is -0.258. The molecule has 3 aromatic rings. The molecule has 6 heteroatoms. The van der Waals surface area contributed by atoms with Gasteiger partial charge >= 0.3 is 0 Å². The highest BCUT2D eigenvalue weighted by molar-refractivity contribution is 6.35. The highest BCUT2D eigenvalue weighted by atomic mass is 35.5. The van der Waals surface area contributed by atoms with Gasteiger partial charge in [-0.15, -0.1) is 0 Å². The second-order valence-corrected chi connectivity index (χ2v) is 6.71. The molecule has 3 rings (SSSR count). The van der Waals surface area contributed by atoms with E-state index in [1.165, 1.54) is 18.3 Å². The van der Waals surface area contributed by atoms with Crippen LogP contribution in [-0.4, -0.2) is 17.1 Å². The van der Waals surface area contributed by atoms with Crippen molar-refractivity contribution in [2.75, 3.05) is 0 Å². The summed E-state index contributed by atoms with van der Waals surface area (Å²) in [7, 11) is 0. The number of carbonyl (C=O) groups excluding carboxylic acids is 1. The number of benzene rings is 3. The van der Waals surface area contributed by atoms with E-state index in [9.17, 15) is 9.90 Å². The molecule has 0 saturated carbocycles. The van der Waals surface area contributed by atoms with Crippen LogP contribution in [-0.2, 0) is 0 Å². The van der Waals surface area contributed by atoms with Gasteiger partial charge in [-0.3, -0.25) is 9.79 Å². The van der Waals surface area contributed by atoms with Crippen LogP contribution < -0.4 is 0 Å². The normalized spacial score (nSPS) is 11.0. The molecule has 0 aliphatic rings. The summed E-state index contributed by atoms with van der Waals surface area (Å²) in [5.41, 5.74) is 1.50. The number of hydrogen-bond donors (Lipinski definition) is 1. The van der Waals surface area contributed by atoms with E-state index in [0.29, 0.717) is 37.4 Å². The van der Waals surface area contributed by atoms with Gasteiger partial charge in [-0.05, 0) is 48.5 Å². The van der Waals surface area contributed by atoms with Crippen LogP contribution in [0.15, 0.2) is 65.7 Å². The van der Waals surface area contributed by atoms with Crippen LogP contribution in [0.2, 0.25) is 15.1 Å². The van der Waals surface area contributed by atoms with Gasteiger partial charge in [0.1, 0.15) is 5.75 Å². The van der Waals surface area contributed by atoms with Crippen molar-refractivity contribution >= 4 is 52.5 Å². The van der Waals surface area contributed by atoms with Crippen LogP contribution in [0.5, 0.6) is 5.75 Å². The molecule has 0 amide bonds. The number of ketones is 1. The predicted molar refractivity (Wildman–Crippen MR) is 107 cm³/mol. The van der Waals surface area contributed by atoms with Crippen molar-refractivity contribution in [1.82, 2.24) is 0 Å². The first-order valence-corrected chi connectivity index (χ1v) is 8.70. The van der Waals surface area contributed by atoms with Crippen LogP contribution in [0.4, 0.5) is 5.69 Å². The molecule has 0 radical (unpaired) electrons. The summed E-state index contributed by atoms with van der Waals surface area (Å²) in [6, 6.07) is 16.2. The second kappa shape index (κ2) is 7.92. The highest BCUT2D eigenvalue weighted by Crippen LogP contribution is 2.29. The Kier molecular flexibility index (Phi) is 5.62. The lowest BCUT2D eigenvalue weighted by Gasteiger charge is -2.07. The van der Waals surface area contributed by atoms with Crippen molar-refractivity contribution < 1.29 is 9.90 Å². The Morgan fingerprint density at radius 1 is 0.885 bits per heavy atom. The second-order valence-electron chi connectivity index (χ2n) is 5.43. The molecule has 0 saturated heterocycles. The first-order valence-electron chi connectivity index (χ1n) is 7.57. The highest BCUT2D eigenvalue weighted by Gasteiger charge is 2.16. The molecule has 0 heterocycles. The maximum Gasteiger partial charge on any atom is 0.196 e. The monoisotopic (exact) mass is 403 g/mol. The Balaban J connectivity index is 2.04. The van der Waals surface area contributed by atoms with E-state index in [-0.39, 0.29) is 11.5 Å². The predicted octanol–water partition coefficient (Wildman–Crippen LogP) is 6.33. The van der Waals surface area contributed by atoms with Gasteiger partial charge < -0.3 is 5.11 Å². The number of phenols is 1. The van der Waals surface area contributed by atoms with Crippen LogP contribution in [0.1, 0.15) is 21.5 Å². The van der Waals surface area contributed by atoms with Crippen molar-refractivity contribution in [1.29, 1.82) is 0 Å². The van der Waals surface area contributed by atoms with E-state index >= 15 is 0 Å². The number of nitrogens with zero attached hydrogens (tertiary/aromatic N) is 1. The third kappa shape index (κ3) is 4.07. The smallest absolute Gasteiger partial charge is 0.196 e. The van der Waals surface area contributed by atoms with Crippen LogP contribution in [0, 0.1) is 0 Å². The van der Waals surface area contributed by atoms with E-state index in [1.807, 2.05) is 0 Å². The number of rotatable bonds is 4. The topological polar surface area (TPSA) is 49.7 Å². The minimum absolute atomic E-state index is 0.0334. The van der Waals surface area contributed by atoms with Gasteiger partial charge in [-0.1, -0.05) is 46.9 Å². The average Bonchev–Trinajstić information content (AvgIpc) is 2.63. The fourth-order valence-electron chi connectivity index (χ4n) is 2.36. The van der Waals surface area contributed by atoms with Crippen LogP contribution in [0.3, 0.4) is 0 Å². The molecule has 1 N–H and O–H groups in total. The Labute approximate surface area is 165 Å². The molecule has 0 unspecified atom stereocenters. The molecular formula is C20H12Cl3NO2. The number of phenolic OH excluding ortho intramolecular Hbond substituents is 1. The van der Waals surface area contributed by atoms with E-state index in [1.54, 1.807) is 48.5 Å². The molecule has 0 spiro atoms. The molecule has 0 aliphatic carbocycles. The minimum Gasteiger partial charge on any atom is -0.507 e. The molecule has 26 heavy (non-hydrogen) atoms. The molecule has 0 aromatic heterocycles. The summed E-state index contributed by atoms with van der Waals surface area (Å²) >= 11 is 18.1. The minimum atomic E-state index is -0.291. The summed E-state index contributed by atoms with van der Waals surface area (Å²) in [4.78, 5) is 17.2. The van der Waals surface area contributed by atoms with E-state index in [2.05, 4.69) is 4.99 Å².